The van der Waals surface area contributed by atoms with Gasteiger partial charge in [-0.25, -0.2) is 21.6 Å². The zero-order chi connectivity index (χ0) is 20.6. The second-order valence-electron chi connectivity index (χ2n) is 6.25. The number of nitrogens with one attached hydrogen (secondary N) is 2. The summed E-state index contributed by atoms with van der Waals surface area (Å²) in [6.07, 6.45) is -4.78. The SMILES string of the molecule is O=S(=O)(N[C@H]1CCNC1)c1cccc(S(=O)(=O)c2ccccc2)c1C(F)(F)F. The normalized spacial score (nSPS) is 18.3. The van der Waals surface area contributed by atoms with Gasteiger partial charge in [-0.2, -0.15) is 13.2 Å². The van der Waals surface area contributed by atoms with E-state index in [2.05, 4.69) is 10.0 Å². The summed E-state index contributed by atoms with van der Waals surface area (Å²) in [5.74, 6) is 0. The zero-order valence-corrected chi connectivity index (χ0v) is 16.0. The summed E-state index contributed by atoms with van der Waals surface area (Å²) in [4.78, 5) is -2.56. The number of halogens is 3. The molecule has 0 aliphatic carbocycles. The van der Waals surface area contributed by atoms with Crippen LogP contribution in [0, 0.1) is 0 Å². The molecule has 0 amide bonds. The Kier molecular flexibility index (Phi) is 5.54. The molecule has 0 bridgehead atoms. The summed E-state index contributed by atoms with van der Waals surface area (Å²) in [6.45, 7) is 0.810. The van der Waals surface area contributed by atoms with Crippen molar-refractivity contribution in [2.45, 2.75) is 33.3 Å². The topological polar surface area (TPSA) is 92.3 Å². The highest BCUT2D eigenvalue weighted by Crippen LogP contribution is 2.40. The number of benzene rings is 2. The van der Waals surface area contributed by atoms with Crippen LogP contribution in [-0.2, 0) is 26.0 Å². The molecule has 1 heterocycles. The van der Waals surface area contributed by atoms with Crippen molar-refractivity contribution in [3.63, 3.8) is 0 Å². The Morgan fingerprint density at radius 2 is 1.57 bits per heavy atom. The van der Waals surface area contributed by atoms with E-state index in [1.54, 1.807) is 0 Å². The average molecular weight is 434 g/mol. The standard InChI is InChI=1S/C17H17F3N2O4S2/c18-17(19,20)16-14(27(23,24)13-5-2-1-3-6-13)7-4-8-15(16)28(25,26)22-12-9-10-21-11-12/h1-8,12,21-22H,9-11H2/t12-/m0/s1. The van der Waals surface area contributed by atoms with Gasteiger partial charge in [0.15, 0.2) is 0 Å². The van der Waals surface area contributed by atoms with Crippen molar-refractivity contribution in [1.29, 1.82) is 0 Å². The van der Waals surface area contributed by atoms with Crippen molar-refractivity contribution in [3.05, 3.63) is 54.1 Å². The number of rotatable bonds is 5. The van der Waals surface area contributed by atoms with Gasteiger partial charge in [0.2, 0.25) is 19.9 Å². The average Bonchev–Trinajstić information content (AvgIpc) is 3.13. The van der Waals surface area contributed by atoms with Gasteiger partial charge in [0.25, 0.3) is 0 Å². The first-order chi connectivity index (χ1) is 13.0. The second kappa shape index (κ2) is 7.47. The van der Waals surface area contributed by atoms with Gasteiger partial charge in [-0.05, 0) is 37.2 Å². The first-order valence-corrected chi connectivity index (χ1v) is 11.2. The summed E-state index contributed by atoms with van der Waals surface area (Å²) in [6, 6.07) is 8.51. The third kappa shape index (κ3) is 4.07. The van der Waals surface area contributed by atoms with Gasteiger partial charge in [-0.15, -0.1) is 0 Å². The molecule has 0 aromatic heterocycles. The molecule has 152 valence electrons. The quantitative estimate of drug-likeness (QED) is 0.753. The molecule has 1 aliphatic rings. The van der Waals surface area contributed by atoms with Crippen LogP contribution in [-0.4, -0.2) is 36.0 Å². The van der Waals surface area contributed by atoms with E-state index in [0.29, 0.717) is 13.0 Å². The van der Waals surface area contributed by atoms with Gasteiger partial charge in [-0.3, -0.25) is 0 Å². The van der Waals surface area contributed by atoms with Crippen LogP contribution in [0.1, 0.15) is 12.0 Å². The molecule has 1 atom stereocenters. The van der Waals surface area contributed by atoms with Gasteiger partial charge in [0.05, 0.1) is 20.2 Å². The smallest absolute Gasteiger partial charge is 0.315 e. The van der Waals surface area contributed by atoms with E-state index in [0.717, 1.165) is 30.3 Å². The Balaban J connectivity index is 2.20. The molecule has 2 aromatic carbocycles. The minimum absolute atomic E-state index is 0.280. The maximum absolute atomic E-state index is 13.8. The summed E-state index contributed by atoms with van der Waals surface area (Å²) >= 11 is 0. The lowest BCUT2D eigenvalue weighted by Crippen LogP contribution is -2.37. The van der Waals surface area contributed by atoms with Crippen molar-refractivity contribution in [3.8, 4) is 0 Å². The number of alkyl halides is 3. The van der Waals surface area contributed by atoms with Crippen molar-refractivity contribution in [2.75, 3.05) is 13.1 Å². The van der Waals surface area contributed by atoms with E-state index in [1.807, 2.05) is 0 Å². The lowest BCUT2D eigenvalue weighted by atomic mass is 10.2. The molecule has 0 spiro atoms. The number of sulfonamides is 1. The molecule has 11 heteroatoms. The minimum Gasteiger partial charge on any atom is -0.315 e. The molecular formula is C17H17F3N2O4S2. The molecule has 28 heavy (non-hydrogen) atoms. The maximum Gasteiger partial charge on any atom is 0.419 e. The van der Waals surface area contributed by atoms with Crippen LogP contribution in [0.4, 0.5) is 13.2 Å². The Morgan fingerprint density at radius 1 is 0.929 bits per heavy atom. The molecule has 3 rings (SSSR count). The molecule has 0 saturated carbocycles. The van der Waals surface area contributed by atoms with Gasteiger partial charge in [-0.1, -0.05) is 24.3 Å². The van der Waals surface area contributed by atoms with Gasteiger partial charge < -0.3 is 5.32 Å². The number of hydrogen-bond acceptors (Lipinski definition) is 5. The molecule has 1 saturated heterocycles. The second-order valence-corrected chi connectivity index (χ2v) is 9.86. The van der Waals surface area contributed by atoms with E-state index in [9.17, 15) is 30.0 Å². The van der Waals surface area contributed by atoms with Crippen LogP contribution in [0.3, 0.4) is 0 Å². The van der Waals surface area contributed by atoms with Crippen molar-refractivity contribution >= 4 is 19.9 Å². The third-order valence-electron chi connectivity index (χ3n) is 4.29. The Bertz CT molecular complexity index is 1060. The Morgan fingerprint density at radius 3 is 2.14 bits per heavy atom. The van der Waals surface area contributed by atoms with Crippen molar-refractivity contribution < 1.29 is 30.0 Å². The van der Waals surface area contributed by atoms with E-state index < -0.39 is 47.4 Å². The molecule has 6 nitrogen and oxygen atoms in total. The largest absolute Gasteiger partial charge is 0.419 e. The minimum atomic E-state index is -5.20. The summed E-state index contributed by atoms with van der Waals surface area (Å²) in [5.41, 5.74) is -1.70. The highest BCUT2D eigenvalue weighted by atomic mass is 32.2. The number of hydrogen-bond donors (Lipinski definition) is 2. The Labute approximate surface area is 160 Å². The van der Waals surface area contributed by atoms with E-state index >= 15 is 0 Å². The fourth-order valence-corrected chi connectivity index (χ4v) is 6.11. The molecule has 1 fully saturated rings. The molecule has 2 N–H and O–H groups in total. The van der Waals surface area contributed by atoms with Gasteiger partial charge in [0.1, 0.15) is 0 Å². The molecule has 0 radical (unpaired) electrons. The van der Waals surface area contributed by atoms with Gasteiger partial charge >= 0.3 is 6.18 Å². The summed E-state index contributed by atoms with van der Waals surface area (Å²) in [7, 11) is -9.18. The van der Waals surface area contributed by atoms with Crippen LogP contribution >= 0.6 is 0 Å². The highest BCUT2D eigenvalue weighted by Gasteiger charge is 2.43. The third-order valence-corrected chi connectivity index (χ3v) is 7.66. The molecule has 2 aromatic rings. The lowest BCUT2D eigenvalue weighted by molar-refractivity contribution is -0.142. The monoisotopic (exact) mass is 434 g/mol. The predicted octanol–water partition coefficient (Wildman–Crippen LogP) is 2.18. The molecule has 1 aliphatic heterocycles. The van der Waals surface area contributed by atoms with Crippen LogP contribution < -0.4 is 10.0 Å². The fraction of sp³-hybridized carbons (Fsp3) is 0.294. The van der Waals surface area contributed by atoms with Gasteiger partial charge in [0, 0.05) is 12.6 Å². The van der Waals surface area contributed by atoms with Crippen LogP contribution in [0.2, 0.25) is 0 Å². The zero-order valence-electron chi connectivity index (χ0n) is 14.4. The van der Waals surface area contributed by atoms with E-state index in [1.165, 1.54) is 18.2 Å². The van der Waals surface area contributed by atoms with E-state index in [-0.39, 0.29) is 11.4 Å². The van der Waals surface area contributed by atoms with Crippen LogP contribution in [0.25, 0.3) is 0 Å². The number of sulfone groups is 1. The summed E-state index contributed by atoms with van der Waals surface area (Å²) < 4.78 is 94.6. The molecular weight excluding hydrogens is 417 g/mol. The van der Waals surface area contributed by atoms with E-state index in [4.69, 9.17) is 0 Å². The fourth-order valence-electron chi connectivity index (χ4n) is 3.00. The van der Waals surface area contributed by atoms with Crippen molar-refractivity contribution in [2.24, 2.45) is 0 Å². The molecule has 0 unspecified atom stereocenters. The summed E-state index contributed by atoms with van der Waals surface area (Å²) in [5, 5.41) is 2.90. The lowest BCUT2D eigenvalue weighted by Gasteiger charge is -2.19. The highest BCUT2D eigenvalue weighted by molar-refractivity contribution is 7.92. The first-order valence-electron chi connectivity index (χ1n) is 8.27. The van der Waals surface area contributed by atoms with Crippen LogP contribution in [0.15, 0.2) is 63.2 Å². The van der Waals surface area contributed by atoms with Crippen LogP contribution in [0.5, 0.6) is 0 Å². The van der Waals surface area contributed by atoms with Crippen molar-refractivity contribution in [1.82, 2.24) is 10.0 Å². The Hall–Kier alpha value is -1.95. The maximum atomic E-state index is 13.8. The predicted molar refractivity (Wildman–Crippen MR) is 94.9 cm³/mol. The first kappa shape index (κ1) is 20.8.